The van der Waals surface area contributed by atoms with E-state index in [0.29, 0.717) is 0 Å². The molecule has 1 spiro atoms. The van der Waals surface area contributed by atoms with Crippen molar-refractivity contribution >= 4 is 66.7 Å². The Morgan fingerprint density at radius 3 is 1.66 bits per heavy atom. The van der Waals surface area contributed by atoms with Crippen LogP contribution in [0.15, 0.2) is 176 Å². The summed E-state index contributed by atoms with van der Waals surface area (Å²) in [6.45, 7) is 14.0. The predicted octanol–water partition coefficient (Wildman–Crippen LogP) is 13.8. The number of hydrogen-bond acceptors (Lipinski definition) is 1. The Morgan fingerprint density at radius 1 is 0.418 bits per heavy atom. The van der Waals surface area contributed by atoms with Gasteiger partial charge in [0.25, 0.3) is 6.71 Å². The Morgan fingerprint density at radius 2 is 0.985 bits per heavy atom. The van der Waals surface area contributed by atoms with Gasteiger partial charge in [-0.05, 0) is 131 Å². The number of fused-ring (bicyclic) bond motifs is 20. The molecule has 0 saturated heterocycles. The van der Waals surface area contributed by atoms with Crippen LogP contribution in [0.3, 0.4) is 0 Å². The Kier molecular flexibility index (Phi) is 7.00. The second-order valence-electron chi connectivity index (χ2n) is 21.6. The number of ether oxygens (including phenoxy) is 1. The number of hydrogen-bond donors (Lipinski definition) is 0. The zero-order chi connectivity index (χ0) is 44.9. The van der Waals surface area contributed by atoms with Crippen LogP contribution < -0.4 is 21.1 Å². The van der Waals surface area contributed by atoms with Crippen LogP contribution in [0.4, 0.5) is 0 Å². The predicted molar refractivity (Wildman–Crippen MR) is 280 cm³/mol. The summed E-state index contributed by atoms with van der Waals surface area (Å²) in [4.78, 5) is 0. The lowest BCUT2D eigenvalue weighted by Crippen LogP contribution is -2.58. The van der Waals surface area contributed by atoms with Crippen LogP contribution in [0.5, 0.6) is 11.5 Å². The minimum atomic E-state index is -0.437. The molecule has 3 nitrogen and oxygen atoms in total. The summed E-state index contributed by atoms with van der Waals surface area (Å²) >= 11 is 0. The van der Waals surface area contributed by atoms with Crippen LogP contribution >= 0.6 is 0 Å². The molecule has 67 heavy (non-hydrogen) atoms. The van der Waals surface area contributed by atoms with Gasteiger partial charge >= 0.3 is 0 Å². The second-order valence-corrected chi connectivity index (χ2v) is 21.6. The first-order chi connectivity index (χ1) is 32.5. The molecule has 4 heteroatoms. The number of benzene rings is 9. The monoisotopic (exact) mass is 858 g/mol. The standard InChI is InChI=1S/C63H47BN2O/c1-61(2,3)36-29-37(62(4,5)6)31-38(30-36)65-53-26-14-10-20-42(53)45-33-56-46(34-55(45)65)43-21-15-25-51-60(43)66(56)54-27-16-28-57-59(54)64(51)52-32-44-41-19-9-13-24-49(41)63(50(44)35-58(52)67-57)47-22-11-7-17-39(47)40-18-8-12-23-48(40)63/h7-35H,1-6H3. The van der Waals surface area contributed by atoms with Gasteiger partial charge in [0, 0.05) is 38.4 Å². The average Bonchev–Trinajstić information content (AvgIpc) is 4.03. The van der Waals surface area contributed by atoms with E-state index in [1.165, 1.54) is 127 Å². The van der Waals surface area contributed by atoms with Crippen LogP contribution in [0.25, 0.3) is 77.2 Å². The van der Waals surface area contributed by atoms with Crippen molar-refractivity contribution in [1.82, 2.24) is 9.13 Å². The van der Waals surface area contributed by atoms with E-state index in [9.17, 15) is 0 Å². The van der Waals surface area contributed by atoms with E-state index in [1.807, 2.05) is 0 Å². The van der Waals surface area contributed by atoms with E-state index < -0.39 is 5.41 Å². The Labute approximate surface area is 391 Å². The normalized spacial score (nSPS) is 14.6. The lowest BCUT2D eigenvalue weighted by molar-refractivity contribution is 0.486. The van der Waals surface area contributed by atoms with Crippen molar-refractivity contribution in [2.45, 2.75) is 57.8 Å². The molecule has 4 aliphatic rings. The molecule has 0 N–H and O–H groups in total. The van der Waals surface area contributed by atoms with E-state index >= 15 is 0 Å². The fourth-order valence-corrected chi connectivity index (χ4v) is 13.1. The molecule has 0 unspecified atom stereocenters. The molecule has 0 saturated carbocycles. The third kappa shape index (κ3) is 4.63. The Balaban J connectivity index is 0.999. The van der Waals surface area contributed by atoms with E-state index in [4.69, 9.17) is 4.74 Å². The summed E-state index contributed by atoms with van der Waals surface area (Å²) in [6.07, 6.45) is 0. The SMILES string of the molecule is CC(C)(C)c1cc(-n2c3ccccc3c3cc4c(cc32)c2cccc3c2n4-c2cccc4c2B3c2cc3c(cc2O4)C2(c4ccccc4-c4ccccc42)c2ccccc2-3)cc(C(C)(C)C)c1. The summed E-state index contributed by atoms with van der Waals surface area (Å²) in [5.41, 5.74) is 24.0. The van der Waals surface area contributed by atoms with E-state index in [0.717, 1.165) is 11.5 Å². The molecule has 318 valence electrons. The largest absolute Gasteiger partial charge is 0.458 e. The molecule has 4 heterocycles. The van der Waals surface area contributed by atoms with Crippen LogP contribution in [0.2, 0.25) is 0 Å². The molecule has 0 atom stereocenters. The summed E-state index contributed by atoms with van der Waals surface area (Å²) in [6, 6.07) is 67.1. The lowest BCUT2D eigenvalue weighted by Gasteiger charge is -2.35. The molecular weight excluding hydrogens is 812 g/mol. The van der Waals surface area contributed by atoms with Gasteiger partial charge in [-0.15, -0.1) is 0 Å². The summed E-state index contributed by atoms with van der Waals surface area (Å²) in [5, 5.41) is 5.06. The van der Waals surface area contributed by atoms with Gasteiger partial charge in [0.2, 0.25) is 0 Å². The molecule has 2 aliphatic carbocycles. The number of para-hydroxylation sites is 2. The molecule has 2 aliphatic heterocycles. The molecule has 15 rings (SSSR count). The number of nitrogens with zero attached hydrogens (tertiary/aromatic N) is 2. The molecule has 0 bridgehead atoms. The molecule has 0 radical (unpaired) electrons. The van der Waals surface area contributed by atoms with Gasteiger partial charge < -0.3 is 13.9 Å². The maximum atomic E-state index is 7.26. The van der Waals surface area contributed by atoms with E-state index in [2.05, 4.69) is 227 Å². The molecule has 2 aromatic heterocycles. The molecule has 0 amide bonds. The number of aromatic nitrogens is 2. The second kappa shape index (κ2) is 12.5. The molecule has 0 fully saturated rings. The highest BCUT2D eigenvalue weighted by Crippen LogP contribution is 2.63. The minimum Gasteiger partial charge on any atom is -0.458 e. The minimum absolute atomic E-state index is 0.00579. The highest BCUT2D eigenvalue weighted by Gasteiger charge is 2.53. The highest BCUT2D eigenvalue weighted by atomic mass is 16.5. The maximum Gasteiger partial charge on any atom is 0.256 e. The van der Waals surface area contributed by atoms with E-state index in [1.54, 1.807) is 0 Å². The topological polar surface area (TPSA) is 19.1 Å². The van der Waals surface area contributed by atoms with Crippen LogP contribution in [0, 0.1) is 0 Å². The van der Waals surface area contributed by atoms with Crippen molar-refractivity contribution in [2.24, 2.45) is 0 Å². The van der Waals surface area contributed by atoms with Crippen molar-refractivity contribution < 1.29 is 4.74 Å². The van der Waals surface area contributed by atoms with Crippen LogP contribution in [0.1, 0.15) is 74.9 Å². The smallest absolute Gasteiger partial charge is 0.256 e. The van der Waals surface area contributed by atoms with Crippen molar-refractivity contribution in [3.63, 3.8) is 0 Å². The van der Waals surface area contributed by atoms with Gasteiger partial charge in [0.15, 0.2) is 0 Å². The molecule has 9 aromatic carbocycles. The quantitative estimate of drug-likeness (QED) is 0.151. The van der Waals surface area contributed by atoms with Gasteiger partial charge in [-0.3, -0.25) is 0 Å². The summed E-state index contributed by atoms with van der Waals surface area (Å²) in [7, 11) is 0. The highest BCUT2D eigenvalue weighted by molar-refractivity contribution is 6.99. The summed E-state index contributed by atoms with van der Waals surface area (Å²) in [5.74, 6) is 1.88. The first-order valence-corrected chi connectivity index (χ1v) is 24.0. The molecular formula is C63H47BN2O. The third-order valence-corrected chi connectivity index (χ3v) is 16.1. The Bertz CT molecular complexity index is 3980. The van der Waals surface area contributed by atoms with Gasteiger partial charge in [-0.2, -0.15) is 0 Å². The van der Waals surface area contributed by atoms with Crippen molar-refractivity contribution in [2.75, 3.05) is 0 Å². The first kappa shape index (κ1) is 37.6. The Hall–Kier alpha value is -7.56. The zero-order valence-electron chi connectivity index (χ0n) is 38.6. The fourth-order valence-electron chi connectivity index (χ4n) is 13.1. The molecule has 11 aromatic rings. The average molecular weight is 859 g/mol. The van der Waals surface area contributed by atoms with Gasteiger partial charge in [-0.1, -0.05) is 169 Å². The first-order valence-electron chi connectivity index (χ1n) is 24.0. The van der Waals surface area contributed by atoms with Crippen LogP contribution in [-0.2, 0) is 16.2 Å². The fraction of sp³-hybridized carbons (Fsp3) is 0.143. The van der Waals surface area contributed by atoms with Crippen molar-refractivity contribution in [3.05, 3.63) is 209 Å². The van der Waals surface area contributed by atoms with E-state index in [-0.39, 0.29) is 17.5 Å². The summed E-state index contributed by atoms with van der Waals surface area (Å²) < 4.78 is 12.3. The van der Waals surface area contributed by atoms with Gasteiger partial charge in [-0.25, -0.2) is 0 Å². The zero-order valence-corrected chi connectivity index (χ0v) is 38.6. The van der Waals surface area contributed by atoms with Crippen molar-refractivity contribution in [1.29, 1.82) is 0 Å². The van der Waals surface area contributed by atoms with Crippen molar-refractivity contribution in [3.8, 4) is 45.1 Å². The van der Waals surface area contributed by atoms with Gasteiger partial charge in [0.05, 0.1) is 22.0 Å². The maximum absolute atomic E-state index is 7.26. The lowest BCUT2D eigenvalue weighted by atomic mass is 9.34. The van der Waals surface area contributed by atoms with Gasteiger partial charge in [0.1, 0.15) is 11.5 Å². The van der Waals surface area contributed by atoms with Crippen LogP contribution in [-0.4, -0.2) is 15.8 Å². The third-order valence-electron chi connectivity index (χ3n) is 16.1. The number of rotatable bonds is 1.